The maximum Gasteiger partial charge on any atom is 0.374 e. The second-order valence-corrected chi connectivity index (χ2v) is 6.95. The Hall–Kier alpha value is -3.14. The van der Waals surface area contributed by atoms with Gasteiger partial charge in [-0.3, -0.25) is 4.79 Å². The van der Waals surface area contributed by atoms with Crippen LogP contribution in [0.5, 0.6) is 0 Å². The summed E-state index contributed by atoms with van der Waals surface area (Å²) in [6.07, 6.45) is 8.13. The van der Waals surface area contributed by atoms with Gasteiger partial charge in [0, 0.05) is 11.6 Å². The Morgan fingerprint density at radius 3 is 2.68 bits per heavy atom. The Morgan fingerprint density at radius 2 is 1.89 bits per heavy atom. The van der Waals surface area contributed by atoms with Gasteiger partial charge in [0.1, 0.15) is 5.58 Å². The Labute approximate surface area is 163 Å². The number of carbonyl (C=O) groups excluding carboxylic acids is 1. The van der Waals surface area contributed by atoms with Crippen molar-refractivity contribution >= 4 is 29.1 Å². The Balaban J connectivity index is 1.94. The molecule has 0 bridgehead atoms. The van der Waals surface area contributed by atoms with E-state index in [9.17, 15) is 9.59 Å². The molecule has 1 aliphatic rings. The SMILES string of the molecule is CCOC(=O)c1cc(=O)c2cc3c(c(C=Cc4ccccc4)c2o1)CCCC3. The van der Waals surface area contributed by atoms with Gasteiger partial charge in [-0.1, -0.05) is 42.5 Å². The highest BCUT2D eigenvalue weighted by Crippen LogP contribution is 2.32. The average molecular weight is 374 g/mol. The molecule has 0 spiro atoms. The summed E-state index contributed by atoms with van der Waals surface area (Å²) in [4.78, 5) is 24.9. The van der Waals surface area contributed by atoms with E-state index in [1.807, 2.05) is 48.6 Å². The number of rotatable bonds is 4. The molecule has 0 atom stereocenters. The van der Waals surface area contributed by atoms with Crippen molar-refractivity contribution in [3.8, 4) is 0 Å². The van der Waals surface area contributed by atoms with Crippen LogP contribution in [-0.4, -0.2) is 12.6 Å². The molecule has 4 rings (SSSR count). The van der Waals surface area contributed by atoms with Gasteiger partial charge in [-0.05, 0) is 55.4 Å². The molecule has 0 fully saturated rings. The molecule has 0 N–H and O–H groups in total. The quantitative estimate of drug-likeness (QED) is 0.475. The summed E-state index contributed by atoms with van der Waals surface area (Å²) < 4.78 is 10.9. The number of fused-ring (bicyclic) bond motifs is 2. The fourth-order valence-corrected chi connectivity index (χ4v) is 3.77. The third-order valence-electron chi connectivity index (χ3n) is 5.10. The van der Waals surface area contributed by atoms with Gasteiger partial charge in [-0.2, -0.15) is 0 Å². The number of carbonyl (C=O) groups is 1. The van der Waals surface area contributed by atoms with Crippen molar-refractivity contribution in [2.24, 2.45) is 0 Å². The number of ether oxygens (including phenoxy) is 1. The molecule has 0 unspecified atom stereocenters. The number of esters is 1. The van der Waals surface area contributed by atoms with Gasteiger partial charge < -0.3 is 9.15 Å². The zero-order valence-electron chi connectivity index (χ0n) is 15.9. The average Bonchev–Trinajstić information content (AvgIpc) is 2.72. The van der Waals surface area contributed by atoms with E-state index >= 15 is 0 Å². The first-order chi connectivity index (χ1) is 13.7. The van der Waals surface area contributed by atoms with E-state index in [1.54, 1.807) is 6.92 Å². The molecule has 1 aliphatic carbocycles. The molecule has 28 heavy (non-hydrogen) atoms. The van der Waals surface area contributed by atoms with Gasteiger partial charge in [-0.25, -0.2) is 4.79 Å². The lowest BCUT2D eigenvalue weighted by Crippen LogP contribution is -2.13. The maximum absolute atomic E-state index is 12.7. The number of hydrogen-bond donors (Lipinski definition) is 0. The summed E-state index contributed by atoms with van der Waals surface area (Å²) in [7, 11) is 0. The van der Waals surface area contributed by atoms with E-state index in [0.717, 1.165) is 36.8 Å². The monoisotopic (exact) mass is 374 g/mol. The van der Waals surface area contributed by atoms with Crippen LogP contribution in [0.15, 0.2) is 51.7 Å². The van der Waals surface area contributed by atoms with Crippen LogP contribution in [-0.2, 0) is 17.6 Å². The van der Waals surface area contributed by atoms with Gasteiger partial charge in [0.25, 0.3) is 0 Å². The second-order valence-electron chi connectivity index (χ2n) is 6.95. The highest BCUT2D eigenvalue weighted by atomic mass is 16.5. The molecule has 0 saturated carbocycles. The van der Waals surface area contributed by atoms with Crippen molar-refractivity contribution in [1.29, 1.82) is 0 Å². The van der Waals surface area contributed by atoms with Crippen LogP contribution < -0.4 is 5.43 Å². The Morgan fingerprint density at radius 1 is 1.11 bits per heavy atom. The number of benzene rings is 2. The summed E-state index contributed by atoms with van der Waals surface area (Å²) in [5.41, 5.74) is 4.60. The zero-order valence-corrected chi connectivity index (χ0v) is 15.9. The molecular formula is C24H22O4. The lowest BCUT2D eigenvalue weighted by molar-refractivity contribution is 0.0490. The molecule has 4 nitrogen and oxygen atoms in total. The molecule has 1 aromatic heterocycles. The van der Waals surface area contributed by atoms with Gasteiger partial charge in [0.15, 0.2) is 5.43 Å². The number of aryl methyl sites for hydroxylation is 1. The third-order valence-corrected chi connectivity index (χ3v) is 5.10. The van der Waals surface area contributed by atoms with Crippen LogP contribution in [0.3, 0.4) is 0 Å². The first kappa shape index (κ1) is 18.2. The molecule has 3 aromatic rings. The lowest BCUT2D eigenvalue weighted by atomic mass is 9.86. The van der Waals surface area contributed by atoms with Crippen LogP contribution in [0.1, 0.15) is 52.6 Å². The molecule has 0 amide bonds. The van der Waals surface area contributed by atoms with Crippen molar-refractivity contribution < 1.29 is 13.9 Å². The normalized spacial score (nSPS) is 13.6. The van der Waals surface area contributed by atoms with Gasteiger partial charge in [-0.15, -0.1) is 0 Å². The fraction of sp³-hybridized carbons (Fsp3) is 0.250. The summed E-state index contributed by atoms with van der Waals surface area (Å²) in [6.45, 7) is 1.95. The van der Waals surface area contributed by atoms with Gasteiger partial charge in [0.2, 0.25) is 5.76 Å². The van der Waals surface area contributed by atoms with Crippen LogP contribution in [0, 0.1) is 0 Å². The van der Waals surface area contributed by atoms with E-state index in [4.69, 9.17) is 9.15 Å². The van der Waals surface area contributed by atoms with E-state index in [2.05, 4.69) is 0 Å². The molecule has 2 aromatic carbocycles. The van der Waals surface area contributed by atoms with E-state index in [0.29, 0.717) is 11.0 Å². The minimum atomic E-state index is -0.614. The Kier molecular flexibility index (Phi) is 5.11. The summed E-state index contributed by atoms with van der Waals surface area (Å²) in [5.74, 6) is -0.665. The molecular weight excluding hydrogens is 352 g/mol. The van der Waals surface area contributed by atoms with Gasteiger partial charge >= 0.3 is 5.97 Å². The molecule has 1 heterocycles. The smallest absolute Gasteiger partial charge is 0.374 e. The molecule has 142 valence electrons. The minimum Gasteiger partial charge on any atom is -0.460 e. The first-order valence-electron chi connectivity index (χ1n) is 9.70. The van der Waals surface area contributed by atoms with Crippen LogP contribution in [0.25, 0.3) is 23.1 Å². The topological polar surface area (TPSA) is 56.5 Å². The first-order valence-corrected chi connectivity index (χ1v) is 9.70. The summed E-state index contributed by atoms with van der Waals surface area (Å²) >= 11 is 0. The standard InChI is InChI=1S/C24H22O4/c1-2-27-24(26)22-15-21(25)20-14-17-10-6-7-11-18(17)19(23(20)28-22)13-12-16-8-4-3-5-9-16/h3-5,8-9,12-15H,2,6-7,10-11H2,1H3. The van der Waals surface area contributed by atoms with Crippen LogP contribution in [0.2, 0.25) is 0 Å². The minimum absolute atomic E-state index is 0.0514. The lowest BCUT2D eigenvalue weighted by Gasteiger charge is -2.19. The van der Waals surface area contributed by atoms with Crippen LogP contribution in [0.4, 0.5) is 0 Å². The van der Waals surface area contributed by atoms with E-state index in [-0.39, 0.29) is 17.8 Å². The Bertz CT molecular complexity index is 1110. The van der Waals surface area contributed by atoms with Crippen LogP contribution >= 0.6 is 0 Å². The summed E-state index contributed by atoms with van der Waals surface area (Å²) in [6, 6.07) is 13.2. The van der Waals surface area contributed by atoms with E-state index < -0.39 is 5.97 Å². The molecule has 0 saturated heterocycles. The summed E-state index contributed by atoms with van der Waals surface area (Å²) in [5, 5.41) is 0.515. The largest absolute Gasteiger partial charge is 0.460 e. The highest BCUT2D eigenvalue weighted by molar-refractivity contribution is 5.94. The predicted octanol–water partition coefficient (Wildman–Crippen LogP) is 5.02. The predicted molar refractivity (Wildman–Crippen MR) is 110 cm³/mol. The third kappa shape index (κ3) is 3.50. The second kappa shape index (κ2) is 7.85. The maximum atomic E-state index is 12.7. The van der Waals surface area contributed by atoms with Crippen molar-refractivity contribution in [3.05, 3.63) is 80.7 Å². The fourth-order valence-electron chi connectivity index (χ4n) is 3.77. The van der Waals surface area contributed by atoms with Crippen molar-refractivity contribution in [3.63, 3.8) is 0 Å². The van der Waals surface area contributed by atoms with Gasteiger partial charge in [0.05, 0.1) is 12.0 Å². The van der Waals surface area contributed by atoms with Crippen molar-refractivity contribution in [2.75, 3.05) is 6.61 Å². The number of hydrogen-bond acceptors (Lipinski definition) is 4. The van der Waals surface area contributed by atoms with Crippen molar-refractivity contribution in [2.45, 2.75) is 32.6 Å². The van der Waals surface area contributed by atoms with E-state index in [1.165, 1.54) is 17.2 Å². The molecule has 0 aliphatic heterocycles. The van der Waals surface area contributed by atoms with Crippen molar-refractivity contribution in [1.82, 2.24) is 0 Å². The zero-order chi connectivity index (χ0) is 19.5. The molecule has 4 heteroatoms. The highest BCUT2D eigenvalue weighted by Gasteiger charge is 2.20. The molecule has 0 radical (unpaired) electrons.